The first-order valence-corrected chi connectivity index (χ1v) is 7.56. The molecule has 2 heterocycles. The molecule has 114 valence electrons. The summed E-state index contributed by atoms with van der Waals surface area (Å²) < 4.78 is 5.38. The quantitative estimate of drug-likeness (QED) is 0.890. The molecule has 1 aromatic rings. The predicted octanol–water partition coefficient (Wildman–Crippen LogP) is 1.25. The number of benzene rings is 1. The number of nitrogens with zero attached hydrogens (tertiary/aromatic N) is 2. The van der Waals surface area contributed by atoms with Gasteiger partial charge in [0, 0.05) is 37.8 Å². The number of hydrogen-bond acceptors (Lipinski definition) is 4. The van der Waals surface area contributed by atoms with Gasteiger partial charge in [-0.05, 0) is 37.1 Å². The smallest absolute Gasteiger partial charge is 0.254 e. The number of morpholine rings is 1. The van der Waals surface area contributed by atoms with E-state index in [1.165, 1.54) is 0 Å². The van der Waals surface area contributed by atoms with Gasteiger partial charge in [-0.3, -0.25) is 9.69 Å². The number of aryl methyl sites for hydroxylation is 1. The van der Waals surface area contributed by atoms with Crippen LogP contribution in [-0.2, 0) is 4.74 Å². The van der Waals surface area contributed by atoms with Crippen molar-refractivity contribution in [3.63, 3.8) is 0 Å². The number of phenols is 1. The van der Waals surface area contributed by atoms with Gasteiger partial charge in [-0.25, -0.2) is 0 Å². The lowest BCUT2D eigenvalue weighted by molar-refractivity contribution is 0.0185. The van der Waals surface area contributed by atoms with Crippen LogP contribution in [0.1, 0.15) is 22.3 Å². The van der Waals surface area contributed by atoms with Gasteiger partial charge >= 0.3 is 0 Å². The van der Waals surface area contributed by atoms with Crippen molar-refractivity contribution in [2.24, 2.45) is 0 Å². The fourth-order valence-electron chi connectivity index (χ4n) is 3.23. The van der Waals surface area contributed by atoms with Crippen LogP contribution in [0.15, 0.2) is 18.2 Å². The molecule has 2 fully saturated rings. The minimum atomic E-state index is 0.0725. The van der Waals surface area contributed by atoms with Crippen LogP contribution in [0.25, 0.3) is 0 Å². The molecule has 1 aromatic carbocycles. The lowest BCUT2D eigenvalue weighted by Crippen LogP contribution is -2.45. The molecule has 0 aromatic heterocycles. The molecule has 0 bridgehead atoms. The van der Waals surface area contributed by atoms with E-state index in [4.69, 9.17) is 4.74 Å². The Morgan fingerprint density at radius 3 is 2.76 bits per heavy atom. The maximum atomic E-state index is 12.6. The van der Waals surface area contributed by atoms with Crippen molar-refractivity contribution in [3.05, 3.63) is 29.3 Å². The first kappa shape index (κ1) is 14.4. The minimum Gasteiger partial charge on any atom is -0.508 e. The summed E-state index contributed by atoms with van der Waals surface area (Å²) in [5.41, 5.74) is 1.52. The van der Waals surface area contributed by atoms with E-state index in [0.29, 0.717) is 11.6 Å². The first-order valence-electron chi connectivity index (χ1n) is 7.56. The van der Waals surface area contributed by atoms with E-state index in [-0.39, 0.29) is 11.7 Å². The van der Waals surface area contributed by atoms with Crippen LogP contribution in [0.4, 0.5) is 0 Å². The largest absolute Gasteiger partial charge is 0.508 e. The van der Waals surface area contributed by atoms with Crippen LogP contribution in [0.2, 0.25) is 0 Å². The summed E-state index contributed by atoms with van der Waals surface area (Å²) in [6, 6.07) is 5.39. The number of amides is 1. The van der Waals surface area contributed by atoms with Crippen molar-refractivity contribution in [2.75, 3.05) is 39.4 Å². The van der Waals surface area contributed by atoms with Crippen molar-refractivity contribution < 1.29 is 14.6 Å². The van der Waals surface area contributed by atoms with Crippen LogP contribution in [-0.4, -0.2) is 66.2 Å². The Hall–Kier alpha value is -1.59. The number of likely N-dealkylation sites (tertiary alicyclic amines) is 1. The Balaban J connectivity index is 1.66. The summed E-state index contributed by atoms with van der Waals surface area (Å²) in [4.78, 5) is 17.0. The van der Waals surface area contributed by atoms with Crippen molar-refractivity contribution in [2.45, 2.75) is 19.4 Å². The maximum Gasteiger partial charge on any atom is 0.254 e. The van der Waals surface area contributed by atoms with Crippen molar-refractivity contribution in [1.29, 1.82) is 0 Å². The second-order valence-electron chi connectivity index (χ2n) is 5.84. The summed E-state index contributed by atoms with van der Waals surface area (Å²) >= 11 is 0. The van der Waals surface area contributed by atoms with Crippen molar-refractivity contribution in [3.8, 4) is 5.75 Å². The Morgan fingerprint density at radius 1 is 1.29 bits per heavy atom. The first-order chi connectivity index (χ1) is 10.1. The number of carbonyl (C=O) groups is 1. The fourth-order valence-corrected chi connectivity index (χ4v) is 3.23. The number of phenolic OH excluding ortho intramolecular Hbond substituents is 1. The monoisotopic (exact) mass is 290 g/mol. The zero-order valence-corrected chi connectivity index (χ0v) is 12.4. The van der Waals surface area contributed by atoms with E-state index in [1.807, 2.05) is 11.8 Å². The SMILES string of the molecule is Cc1cc(O)ccc1C(=O)N1CCC(N2CCOCC2)C1. The van der Waals surface area contributed by atoms with Gasteiger partial charge in [0.25, 0.3) is 5.91 Å². The van der Waals surface area contributed by atoms with Gasteiger partial charge in [-0.15, -0.1) is 0 Å². The summed E-state index contributed by atoms with van der Waals surface area (Å²) in [6.45, 7) is 6.97. The summed E-state index contributed by atoms with van der Waals surface area (Å²) in [5, 5.41) is 9.45. The molecule has 3 rings (SSSR count). The van der Waals surface area contributed by atoms with Crippen LogP contribution >= 0.6 is 0 Å². The molecule has 1 N–H and O–H groups in total. The molecule has 1 atom stereocenters. The molecular weight excluding hydrogens is 268 g/mol. The molecule has 0 radical (unpaired) electrons. The van der Waals surface area contributed by atoms with Gasteiger partial charge in [0.2, 0.25) is 0 Å². The van der Waals surface area contributed by atoms with Crippen LogP contribution < -0.4 is 0 Å². The number of hydrogen-bond donors (Lipinski definition) is 1. The van der Waals surface area contributed by atoms with E-state index in [9.17, 15) is 9.90 Å². The summed E-state index contributed by atoms with van der Waals surface area (Å²) in [6.07, 6.45) is 1.03. The second-order valence-corrected chi connectivity index (χ2v) is 5.84. The van der Waals surface area contributed by atoms with Gasteiger partial charge in [0.05, 0.1) is 13.2 Å². The molecule has 0 saturated carbocycles. The van der Waals surface area contributed by atoms with Gasteiger partial charge in [0.1, 0.15) is 5.75 Å². The minimum absolute atomic E-state index is 0.0725. The number of carbonyl (C=O) groups excluding carboxylic acids is 1. The van der Waals surface area contributed by atoms with Gasteiger partial charge in [-0.1, -0.05) is 0 Å². The van der Waals surface area contributed by atoms with E-state index in [2.05, 4.69) is 4.90 Å². The topological polar surface area (TPSA) is 53.0 Å². The Labute approximate surface area is 125 Å². The highest BCUT2D eigenvalue weighted by molar-refractivity contribution is 5.96. The zero-order valence-electron chi connectivity index (χ0n) is 12.4. The maximum absolute atomic E-state index is 12.6. The predicted molar refractivity (Wildman–Crippen MR) is 79.5 cm³/mol. The third-order valence-electron chi connectivity index (χ3n) is 4.45. The standard InChI is InChI=1S/C16H22N2O3/c1-12-10-14(19)2-3-15(12)16(20)18-5-4-13(11-18)17-6-8-21-9-7-17/h2-3,10,13,19H,4-9,11H2,1H3. The van der Waals surface area contributed by atoms with Crippen molar-refractivity contribution in [1.82, 2.24) is 9.80 Å². The second kappa shape index (κ2) is 6.03. The van der Waals surface area contributed by atoms with Gasteiger partial charge in [-0.2, -0.15) is 0 Å². The van der Waals surface area contributed by atoms with Crippen molar-refractivity contribution >= 4 is 5.91 Å². The van der Waals surface area contributed by atoms with Gasteiger partial charge < -0.3 is 14.7 Å². The number of ether oxygens (including phenoxy) is 1. The number of aromatic hydroxyl groups is 1. The lowest BCUT2D eigenvalue weighted by atomic mass is 10.1. The molecule has 1 amide bonds. The fraction of sp³-hybridized carbons (Fsp3) is 0.562. The average molecular weight is 290 g/mol. The highest BCUT2D eigenvalue weighted by atomic mass is 16.5. The Bertz CT molecular complexity index is 526. The van der Waals surface area contributed by atoms with E-state index >= 15 is 0 Å². The molecule has 2 saturated heterocycles. The molecule has 0 aliphatic carbocycles. The molecule has 2 aliphatic heterocycles. The van der Waals surface area contributed by atoms with Crippen LogP contribution in [0.3, 0.4) is 0 Å². The molecule has 5 heteroatoms. The van der Waals surface area contributed by atoms with Crippen LogP contribution in [0, 0.1) is 6.92 Å². The normalized spacial score (nSPS) is 23.5. The molecule has 2 aliphatic rings. The summed E-state index contributed by atoms with van der Waals surface area (Å²) in [7, 11) is 0. The van der Waals surface area contributed by atoms with E-state index in [0.717, 1.165) is 51.4 Å². The molecule has 21 heavy (non-hydrogen) atoms. The zero-order chi connectivity index (χ0) is 14.8. The van der Waals surface area contributed by atoms with E-state index in [1.54, 1.807) is 18.2 Å². The number of rotatable bonds is 2. The Morgan fingerprint density at radius 2 is 2.05 bits per heavy atom. The average Bonchev–Trinajstić information content (AvgIpc) is 2.97. The molecule has 1 unspecified atom stereocenters. The Kier molecular flexibility index (Phi) is 4.12. The third kappa shape index (κ3) is 3.04. The van der Waals surface area contributed by atoms with Gasteiger partial charge in [0.15, 0.2) is 0 Å². The van der Waals surface area contributed by atoms with Crippen LogP contribution in [0.5, 0.6) is 5.75 Å². The third-order valence-corrected chi connectivity index (χ3v) is 4.45. The molecule has 5 nitrogen and oxygen atoms in total. The highest BCUT2D eigenvalue weighted by Crippen LogP contribution is 2.22. The lowest BCUT2D eigenvalue weighted by Gasteiger charge is -2.32. The summed E-state index contributed by atoms with van der Waals surface area (Å²) in [5.74, 6) is 0.278. The molecular formula is C16H22N2O3. The van der Waals surface area contributed by atoms with E-state index < -0.39 is 0 Å². The highest BCUT2D eigenvalue weighted by Gasteiger charge is 2.31. The molecule has 0 spiro atoms.